The SMILES string of the molecule is CCCCNc1nc(N)ncc1CCCCc1ccccc1SF. The van der Waals surface area contributed by atoms with Crippen LogP contribution in [0.4, 0.5) is 15.7 Å². The van der Waals surface area contributed by atoms with Crippen molar-refractivity contribution in [3.05, 3.63) is 41.6 Å². The Balaban J connectivity index is 1.87. The fourth-order valence-electron chi connectivity index (χ4n) is 2.56. The van der Waals surface area contributed by atoms with Crippen molar-refractivity contribution >= 4 is 23.9 Å². The highest BCUT2D eigenvalue weighted by molar-refractivity contribution is 7.94. The molecule has 0 saturated carbocycles. The van der Waals surface area contributed by atoms with Gasteiger partial charge in [-0.1, -0.05) is 31.5 Å². The third-order valence-corrected chi connectivity index (χ3v) is 4.47. The molecule has 3 N–H and O–H groups in total. The maximum atomic E-state index is 12.9. The van der Waals surface area contributed by atoms with E-state index < -0.39 is 0 Å². The number of nitrogen functional groups attached to an aromatic ring is 1. The van der Waals surface area contributed by atoms with Gasteiger partial charge in [-0.25, -0.2) is 4.98 Å². The van der Waals surface area contributed by atoms with Crippen LogP contribution in [0.3, 0.4) is 0 Å². The van der Waals surface area contributed by atoms with Crippen molar-refractivity contribution in [2.24, 2.45) is 0 Å². The van der Waals surface area contributed by atoms with Crippen LogP contribution in [0.2, 0.25) is 0 Å². The molecule has 2 rings (SSSR count). The molecule has 0 bridgehead atoms. The summed E-state index contributed by atoms with van der Waals surface area (Å²) < 4.78 is 12.9. The quantitative estimate of drug-likeness (QED) is 0.603. The second-order valence-electron chi connectivity index (χ2n) is 5.77. The first-order valence-corrected chi connectivity index (χ1v) is 9.18. The number of anilines is 2. The van der Waals surface area contributed by atoms with Crippen molar-refractivity contribution in [3.63, 3.8) is 0 Å². The fourth-order valence-corrected chi connectivity index (χ4v) is 2.96. The second-order valence-corrected chi connectivity index (χ2v) is 6.37. The van der Waals surface area contributed by atoms with E-state index in [1.54, 1.807) is 0 Å². The zero-order chi connectivity index (χ0) is 17.2. The topological polar surface area (TPSA) is 63.8 Å². The molecule has 0 spiro atoms. The molecule has 6 heteroatoms. The van der Waals surface area contributed by atoms with Gasteiger partial charge in [0.1, 0.15) is 5.82 Å². The van der Waals surface area contributed by atoms with Gasteiger partial charge >= 0.3 is 0 Å². The maximum absolute atomic E-state index is 12.9. The first-order valence-electron chi connectivity index (χ1n) is 8.46. The van der Waals surface area contributed by atoms with Gasteiger partial charge in [-0.15, -0.1) is 0 Å². The van der Waals surface area contributed by atoms with E-state index in [4.69, 9.17) is 5.73 Å². The molecule has 2 aromatic rings. The van der Waals surface area contributed by atoms with Crippen molar-refractivity contribution in [2.75, 3.05) is 17.6 Å². The summed E-state index contributed by atoms with van der Waals surface area (Å²) in [5.41, 5.74) is 7.85. The largest absolute Gasteiger partial charge is 0.370 e. The van der Waals surface area contributed by atoms with Crippen LogP contribution in [-0.4, -0.2) is 16.5 Å². The standard InChI is InChI=1S/C18H25FN4S/c1-2-3-12-21-17-15(13-22-18(20)23-17)10-5-4-8-14-9-6-7-11-16(14)24-19/h6-7,9,11,13H,2-5,8,10,12H2,1H3,(H3,20,21,22,23). The number of benzene rings is 1. The Morgan fingerprint density at radius 2 is 1.88 bits per heavy atom. The smallest absolute Gasteiger partial charge is 0.221 e. The van der Waals surface area contributed by atoms with Gasteiger partial charge in [-0.3, -0.25) is 0 Å². The van der Waals surface area contributed by atoms with Crippen LogP contribution in [-0.2, 0) is 12.8 Å². The van der Waals surface area contributed by atoms with Crippen molar-refractivity contribution in [3.8, 4) is 0 Å². The van der Waals surface area contributed by atoms with Crippen molar-refractivity contribution in [2.45, 2.75) is 50.3 Å². The lowest BCUT2D eigenvalue weighted by atomic mass is 10.0. The summed E-state index contributed by atoms with van der Waals surface area (Å²) in [5.74, 6) is 1.14. The lowest BCUT2D eigenvalue weighted by Gasteiger charge is -2.11. The van der Waals surface area contributed by atoms with Crippen LogP contribution in [0.5, 0.6) is 0 Å². The minimum absolute atomic E-state index is 0.298. The monoisotopic (exact) mass is 348 g/mol. The summed E-state index contributed by atoms with van der Waals surface area (Å²) in [6.07, 6.45) is 7.80. The molecule has 0 atom stereocenters. The van der Waals surface area contributed by atoms with E-state index in [1.807, 2.05) is 30.5 Å². The highest BCUT2D eigenvalue weighted by atomic mass is 32.2. The first kappa shape index (κ1) is 18.5. The van der Waals surface area contributed by atoms with Crippen LogP contribution in [0.15, 0.2) is 35.4 Å². The Morgan fingerprint density at radius 1 is 1.12 bits per heavy atom. The van der Waals surface area contributed by atoms with Gasteiger partial charge in [0.25, 0.3) is 0 Å². The number of nitrogens with one attached hydrogen (secondary N) is 1. The molecule has 0 aliphatic heterocycles. The molecule has 1 aromatic carbocycles. The predicted molar refractivity (Wildman–Crippen MR) is 99.9 cm³/mol. The third-order valence-electron chi connectivity index (χ3n) is 3.90. The number of unbranched alkanes of at least 4 members (excludes halogenated alkanes) is 2. The van der Waals surface area contributed by atoms with E-state index in [0.29, 0.717) is 18.1 Å². The number of nitrogens with two attached hydrogens (primary N) is 1. The molecule has 0 aliphatic rings. The van der Waals surface area contributed by atoms with E-state index in [9.17, 15) is 3.89 Å². The van der Waals surface area contributed by atoms with E-state index in [0.717, 1.165) is 66.9 Å². The summed E-state index contributed by atoms with van der Waals surface area (Å²) in [4.78, 5) is 9.14. The number of nitrogens with zero attached hydrogens (tertiary/aromatic N) is 2. The molecule has 0 aliphatic carbocycles. The van der Waals surface area contributed by atoms with Crippen LogP contribution >= 0.6 is 12.1 Å². The van der Waals surface area contributed by atoms with E-state index in [2.05, 4.69) is 22.2 Å². The van der Waals surface area contributed by atoms with Gasteiger partial charge in [0.05, 0.1) is 12.1 Å². The van der Waals surface area contributed by atoms with Gasteiger partial charge < -0.3 is 11.1 Å². The van der Waals surface area contributed by atoms with Gasteiger partial charge in [0.2, 0.25) is 5.95 Å². The summed E-state index contributed by atoms with van der Waals surface area (Å²) in [6.45, 7) is 3.05. The predicted octanol–water partition coefficient (Wildman–Crippen LogP) is 4.81. The molecule has 1 aromatic heterocycles. The molecule has 24 heavy (non-hydrogen) atoms. The van der Waals surface area contributed by atoms with Crippen LogP contribution < -0.4 is 11.1 Å². The maximum Gasteiger partial charge on any atom is 0.221 e. The van der Waals surface area contributed by atoms with Crippen molar-refractivity contribution in [1.82, 2.24) is 9.97 Å². The summed E-state index contributed by atoms with van der Waals surface area (Å²) in [6, 6.07) is 7.64. The third kappa shape index (κ3) is 5.67. The van der Waals surface area contributed by atoms with E-state index in [-0.39, 0.29) is 0 Å². The highest BCUT2D eigenvalue weighted by Crippen LogP contribution is 2.25. The fraction of sp³-hybridized carbons (Fsp3) is 0.444. The molecule has 0 amide bonds. The van der Waals surface area contributed by atoms with Gasteiger partial charge in [-0.05, 0) is 43.7 Å². The molecule has 0 saturated heterocycles. The summed E-state index contributed by atoms with van der Waals surface area (Å²) >= 11 is 0.321. The molecule has 4 nitrogen and oxygen atoms in total. The zero-order valence-corrected chi connectivity index (χ0v) is 14.9. The molecule has 0 fully saturated rings. The Hall–Kier alpha value is -1.82. The van der Waals surface area contributed by atoms with E-state index in [1.165, 1.54) is 0 Å². The number of rotatable bonds is 10. The molecule has 0 unspecified atom stereocenters. The van der Waals surface area contributed by atoms with E-state index >= 15 is 0 Å². The van der Waals surface area contributed by atoms with Gasteiger partial charge in [0, 0.05) is 23.2 Å². The first-order chi connectivity index (χ1) is 11.7. The van der Waals surface area contributed by atoms with Gasteiger partial charge in [0.15, 0.2) is 0 Å². The molecule has 1 heterocycles. The van der Waals surface area contributed by atoms with Crippen LogP contribution in [0.25, 0.3) is 0 Å². The summed E-state index contributed by atoms with van der Waals surface area (Å²) in [7, 11) is 0. The molecule has 0 radical (unpaired) electrons. The highest BCUT2D eigenvalue weighted by Gasteiger charge is 2.07. The molecular formula is C18H25FN4S. The van der Waals surface area contributed by atoms with Crippen LogP contribution in [0.1, 0.15) is 43.7 Å². The van der Waals surface area contributed by atoms with Crippen molar-refractivity contribution in [1.29, 1.82) is 0 Å². The Morgan fingerprint density at radius 3 is 2.62 bits per heavy atom. The molecular weight excluding hydrogens is 323 g/mol. The Labute approximate surface area is 147 Å². The van der Waals surface area contributed by atoms with Gasteiger partial charge in [-0.2, -0.15) is 8.87 Å². The number of hydrogen-bond donors (Lipinski definition) is 2. The minimum atomic E-state index is 0.298. The number of halogens is 1. The number of aromatic nitrogens is 2. The zero-order valence-electron chi connectivity index (χ0n) is 14.1. The minimum Gasteiger partial charge on any atom is -0.370 e. The van der Waals surface area contributed by atoms with Crippen molar-refractivity contribution < 1.29 is 3.89 Å². The lowest BCUT2D eigenvalue weighted by Crippen LogP contribution is -2.09. The average molecular weight is 348 g/mol. The average Bonchev–Trinajstić information content (AvgIpc) is 2.60. The Kier molecular flexibility index (Phi) is 7.82. The lowest BCUT2D eigenvalue weighted by molar-refractivity contribution is 0.723. The normalized spacial score (nSPS) is 10.8. The van der Waals surface area contributed by atoms with Crippen LogP contribution in [0, 0.1) is 0 Å². The Bertz CT molecular complexity index is 636. The summed E-state index contributed by atoms with van der Waals surface area (Å²) in [5, 5.41) is 3.35. The number of hydrogen-bond acceptors (Lipinski definition) is 5. The second kappa shape index (κ2) is 10.1. The molecule has 130 valence electrons. The number of aryl methyl sites for hydroxylation is 2.